The molecule has 0 radical (unpaired) electrons. The molecule has 0 amide bonds. The van der Waals surface area contributed by atoms with Crippen LogP contribution in [0.15, 0.2) is 0 Å². The van der Waals surface area contributed by atoms with Crippen molar-refractivity contribution in [2.24, 2.45) is 0 Å². The first-order chi connectivity index (χ1) is 6.22. The van der Waals surface area contributed by atoms with E-state index in [1.54, 1.807) is 0 Å². The van der Waals surface area contributed by atoms with Crippen molar-refractivity contribution in [1.29, 1.82) is 0 Å². The molecule has 1 heterocycles. The maximum atomic E-state index is 13.3. The summed E-state index contributed by atoms with van der Waals surface area (Å²) < 4.78 is 13.3. The standard InChI is InChI=1S/C10H14FNS.ClH/c1-6-9-5-7(12-2)3-4-8(9)10(11)13-6;/h7,12H,3-5H2,1-2H3;1H. The average molecular weight is 236 g/mol. The lowest BCUT2D eigenvalue weighted by Gasteiger charge is -2.22. The van der Waals surface area contributed by atoms with Gasteiger partial charge in [-0.15, -0.1) is 23.7 Å². The molecule has 0 spiro atoms. The van der Waals surface area contributed by atoms with Crippen LogP contribution in [0.1, 0.15) is 22.4 Å². The van der Waals surface area contributed by atoms with Gasteiger partial charge in [0.05, 0.1) is 0 Å². The second kappa shape index (κ2) is 4.60. The molecule has 1 aromatic heterocycles. The van der Waals surface area contributed by atoms with Gasteiger partial charge >= 0.3 is 0 Å². The van der Waals surface area contributed by atoms with Crippen molar-refractivity contribution >= 4 is 23.7 Å². The lowest BCUT2D eigenvalue weighted by molar-refractivity contribution is 0.486. The summed E-state index contributed by atoms with van der Waals surface area (Å²) in [5.41, 5.74) is 2.24. The van der Waals surface area contributed by atoms with E-state index in [-0.39, 0.29) is 17.5 Å². The molecule has 0 fully saturated rings. The van der Waals surface area contributed by atoms with Crippen molar-refractivity contribution < 1.29 is 4.39 Å². The largest absolute Gasteiger partial charge is 0.317 e. The summed E-state index contributed by atoms with van der Waals surface area (Å²) >= 11 is 1.30. The highest BCUT2D eigenvalue weighted by atomic mass is 35.5. The lowest BCUT2D eigenvalue weighted by atomic mass is 9.90. The second-order valence-corrected chi connectivity index (χ2v) is 4.79. The third kappa shape index (κ3) is 1.95. The maximum Gasteiger partial charge on any atom is 0.180 e. The molecule has 14 heavy (non-hydrogen) atoms. The highest BCUT2D eigenvalue weighted by molar-refractivity contribution is 7.10. The Balaban J connectivity index is 0.000000980. The van der Waals surface area contributed by atoms with Gasteiger partial charge in [-0.25, -0.2) is 0 Å². The van der Waals surface area contributed by atoms with E-state index in [0.717, 1.165) is 29.7 Å². The number of nitrogens with one attached hydrogen (secondary N) is 1. The minimum absolute atomic E-state index is 0. The van der Waals surface area contributed by atoms with Gasteiger partial charge in [0.15, 0.2) is 5.13 Å². The summed E-state index contributed by atoms with van der Waals surface area (Å²) in [6.07, 6.45) is 2.96. The van der Waals surface area contributed by atoms with Crippen LogP contribution in [0.25, 0.3) is 0 Å². The number of thiophene rings is 1. The molecule has 0 saturated heterocycles. The SMILES string of the molecule is CNC1CCc2c(F)sc(C)c2C1.Cl. The number of aryl methyl sites for hydroxylation is 1. The highest BCUT2D eigenvalue weighted by Gasteiger charge is 2.23. The van der Waals surface area contributed by atoms with E-state index in [1.807, 2.05) is 14.0 Å². The molecule has 2 rings (SSSR count). The van der Waals surface area contributed by atoms with Crippen LogP contribution in [0.4, 0.5) is 4.39 Å². The molecule has 1 N–H and O–H groups in total. The third-order valence-corrected chi connectivity index (χ3v) is 3.85. The molecule has 4 heteroatoms. The molecule has 1 nitrogen and oxygen atoms in total. The Bertz CT molecular complexity index is 324. The second-order valence-electron chi connectivity index (χ2n) is 3.62. The minimum Gasteiger partial charge on any atom is -0.317 e. The Morgan fingerprint density at radius 3 is 2.79 bits per heavy atom. The zero-order valence-corrected chi connectivity index (χ0v) is 10.0. The Morgan fingerprint density at radius 1 is 1.43 bits per heavy atom. The van der Waals surface area contributed by atoms with Crippen molar-refractivity contribution in [1.82, 2.24) is 5.32 Å². The highest BCUT2D eigenvalue weighted by Crippen LogP contribution is 2.32. The predicted molar refractivity (Wildman–Crippen MR) is 61.1 cm³/mol. The van der Waals surface area contributed by atoms with E-state index >= 15 is 0 Å². The molecular weight excluding hydrogens is 221 g/mol. The van der Waals surface area contributed by atoms with Gasteiger partial charge < -0.3 is 5.32 Å². The van der Waals surface area contributed by atoms with Gasteiger partial charge in [0.2, 0.25) is 0 Å². The number of likely N-dealkylation sites (N-methyl/N-ethyl adjacent to an activating group) is 1. The Morgan fingerprint density at radius 2 is 2.14 bits per heavy atom. The van der Waals surface area contributed by atoms with Crippen LogP contribution in [-0.2, 0) is 12.8 Å². The van der Waals surface area contributed by atoms with Gasteiger partial charge in [-0.2, -0.15) is 4.39 Å². The Labute approximate surface area is 94.1 Å². The topological polar surface area (TPSA) is 12.0 Å². The van der Waals surface area contributed by atoms with E-state index in [9.17, 15) is 4.39 Å². The van der Waals surface area contributed by atoms with Gasteiger partial charge in [-0.05, 0) is 38.8 Å². The fraction of sp³-hybridized carbons (Fsp3) is 0.600. The van der Waals surface area contributed by atoms with E-state index in [4.69, 9.17) is 0 Å². The van der Waals surface area contributed by atoms with Crippen LogP contribution in [0.3, 0.4) is 0 Å². The smallest absolute Gasteiger partial charge is 0.180 e. The van der Waals surface area contributed by atoms with Crippen LogP contribution in [-0.4, -0.2) is 13.1 Å². The number of fused-ring (bicyclic) bond motifs is 1. The van der Waals surface area contributed by atoms with Gasteiger partial charge in [0.25, 0.3) is 0 Å². The normalized spacial score (nSPS) is 20.1. The first-order valence-electron chi connectivity index (χ1n) is 4.66. The lowest BCUT2D eigenvalue weighted by Crippen LogP contribution is -2.31. The molecule has 0 aromatic carbocycles. The summed E-state index contributed by atoms with van der Waals surface area (Å²) in [4.78, 5) is 1.16. The molecule has 1 aromatic rings. The Kier molecular flexibility index (Phi) is 3.93. The van der Waals surface area contributed by atoms with Crippen LogP contribution >= 0.6 is 23.7 Å². The van der Waals surface area contributed by atoms with Crippen LogP contribution < -0.4 is 5.32 Å². The quantitative estimate of drug-likeness (QED) is 0.789. The molecule has 80 valence electrons. The summed E-state index contributed by atoms with van der Waals surface area (Å²) in [6.45, 7) is 2.02. The van der Waals surface area contributed by atoms with E-state index in [1.165, 1.54) is 16.9 Å². The van der Waals surface area contributed by atoms with Gasteiger partial charge in [-0.1, -0.05) is 0 Å². The molecule has 0 aliphatic heterocycles. The minimum atomic E-state index is 0. The van der Waals surface area contributed by atoms with Gasteiger partial charge in [-0.3, -0.25) is 0 Å². The summed E-state index contributed by atoms with van der Waals surface area (Å²) in [5.74, 6) is 0. The van der Waals surface area contributed by atoms with Crippen molar-refractivity contribution in [2.45, 2.75) is 32.2 Å². The zero-order valence-electron chi connectivity index (χ0n) is 8.39. The van der Waals surface area contributed by atoms with E-state index < -0.39 is 0 Å². The monoisotopic (exact) mass is 235 g/mol. The first-order valence-corrected chi connectivity index (χ1v) is 5.48. The van der Waals surface area contributed by atoms with Crippen molar-refractivity contribution in [3.63, 3.8) is 0 Å². The Hall–Kier alpha value is -0.120. The number of hydrogen-bond acceptors (Lipinski definition) is 2. The molecule has 1 aliphatic carbocycles. The number of rotatable bonds is 1. The molecular formula is C10H15ClFNS. The van der Waals surface area contributed by atoms with Crippen LogP contribution in [0.5, 0.6) is 0 Å². The molecule has 0 saturated carbocycles. The van der Waals surface area contributed by atoms with Crippen molar-refractivity contribution in [2.75, 3.05) is 7.05 Å². The predicted octanol–water partition coefficient (Wildman–Crippen LogP) is 2.69. The summed E-state index contributed by atoms with van der Waals surface area (Å²) in [6, 6.07) is 0.542. The van der Waals surface area contributed by atoms with Crippen molar-refractivity contribution in [3.8, 4) is 0 Å². The molecule has 1 aliphatic rings. The number of hydrogen-bond donors (Lipinski definition) is 1. The van der Waals surface area contributed by atoms with Crippen molar-refractivity contribution in [3.05, 3.63) is 21.1 Å². The fourth-order valence-electron chi connectivity index (χ4n) is 2.02. The zero-order chi connectivity index (χ0) is 9.42. The number of halogens is 2. The molecule has 0 bridgehead atoms. The van der Waals surface area contributed by atoms with E-state index in [0.29, 0.717) is 6.04 Å². The third-order valence-electron chi connectivity index (χ3n) is 2.87. The van der Waals surface area contributed by atoms with Gasteiger partial charge in [0.1, 0.15) is 0 Å². The summed E-state index contributed by atoms with van der Waals surface area (Å²) in [5, 5.41) is 3.31. The first kappa shape index (κ1) is 12.0. The fourth-order valence-corrected chi connectivity index (χ4v) is 2.97. The summed E-state index contributed by atoms with van der Waals surface area (Å²) in [7, 11) is 1.98. The average Bonchev–Trinajstić information content (AvgIpc) is 2.42. The molecule has 1 unspecified atom stereocenters. The maximum absolute atomic E-state index is 13.3. The van der Waals surface area contributed by atoms with Crippen LogP contribution in [0, 0.1) is 12.1 Å². The van der Waals surface area contributed by atoms with Gasteiger partial charge in [0, 0.05) is 16.5 Å². The van der Waals surface area contributed by atoms with E-state index in [2.05, 4.69) is 5.32 Å². The van der Waals surface area contributed by atoms with Crippen LogP contribution in [0.2, 0.25) is 0 Å². The molecule has 1 atom stereocenters.